The molecule has 11 heteroatoms. The summed E-state index contributed by atoms with van der Waals surface area (Å²) in [7, 11) is 0. The van der Waals surface area contributed by atoms with E-state index in [2.05, 4.69) is 14.7 Å². The Kier molecular flexibility index (Phi) is 5.96. The molecular formula is C22H21F3N4O4. The van der Waals surface area contributed by atoms with Gasteiger partial charge in [0.2, 0.25) is 0 Å². The minimum absolute atomic E-state index is 0.249. The summed E-state index contributed by atoms with van der Waals surface area (Å²) >= 11 is 0. The number of piperazine rings is 1. The summed E-state index contributed by atoms with van der Waals surface area (Å²) in [5.41, 5.74) is -0.315. The molecule has 2 fully saturated rings. The molecule has 1 saturated heterocycles. The van der Waals surface area contributed by atoms with E-state index in [0.717, 1.165) is 12.1 Å². The largest absolute Gasteiger partial charge is 0.573 e. The fraction of sp³-hybridized carbons (Fsp3) is 0.364. The number of benzene rings is 1. The Balaban J connectivity index is 1.45. The summed E-state index contributed by atoms with van der Waals surface area (Å²) in [5, 5.41) is 9.55. The van der Waals surface area contributed by atoms with Crippen molar-refractivity contribution >= 4 is 17.7 Å². The number of rotatable bonds is 5. The third-order valence-electron chi connectivity index (χ3n) is 5.54. The van der Waals surface area contributed by atoms with E-state index in [9.17, 15) is 27.9 Å². The molecule has 1 aromatic heterocycles. The molecule has 0 atom stereocenters. The molecule has 1 aliphatic carbocycles. The third kappa shape index (κ3) is 5.24. The van der Waals surface area contributed by atoms with Crippen LogP contribution < -0.4 is 4.74 Å². The molecule has 0 bridgehead atoms. The van der Waals surface area contributed by atoms with Crippen molar-refractivity contribution < 1.29 is 32.6 Å². The van der Waals surface area contributed by atoms with Crippen molar-refractivity contribution in [2.75, 3.05) is 26.2 Å². The van der Waals surface area contributed by atoms with Crippen molar-refractivity contribution in [3.63, 3.8) is 0 Å². The number of carbonyl (C=O) groups excluding carboxylic acids is 1. The molecule has 2 heterocycles. The van der Waals surface area contributed by atoms with E-state index in [0.29, 0.717) is 50.6 Å². The highest BCUT2D eigenvalue weighted by Crippen LogP contribution is 2.40. The zero-order valence-electron chi connectivity index (χ0n) is 17.5. The molecule has 174 valence electrons. The van der Waals surface area contributed by atoms with Crippen LogP contribution in [0.5, 0.6) is 5.75 Å². The quantitative estimate of drug-likeness (QED) is 0.543. The zero-order valence-corrected chi connectivity index (χ0v) is 17.5. The predicted octanol–water partition coefficient (Wildman–Crippen LogP) is 2.80. The number of aliphatic carboxylic acids is 1. The van der Waals surface area contributed by atoms with E-state index in [1.807, 2.05) is 4.90 Å². The lowest BCUT2D eigenvalue weighted by molar-refractivity contribution is -0.274. The first-order valence-corrected chi connectivity index (χ1v) is 10.3. The highest BCUT2D eigenvalue weighted by Gasteiger charge is 2.51. The van der Waals surface area contributed by atoms with E-state index < -0.39 is 23.6 Å². The van der Waals surface area contributed by atoms with Gasteiger partial charge in [0.05, 0.1) is 0 Å². The molecule has 2 aliphatic rings. The first kappa shape index (κ1) is 22.6. The number of amidine groups is 1. The monoisotopic (exact) mass is 462 g/mol. The average molecular weight is 462 g/mol. The number of pyridine rings is 1. The second-order valence-electron chi connectivity index (χ2n) is 7.84. The summed E-state index contributed by atoms with van der Waals surface area (Å²) < 4.78 is 40.8. The van der Waals surface area contributed by atoms with E-state index in [1.54, 1.807) is 29.3 Å². The van der Waals surface area contributed by atoms with Gasteiger partial charge in [-0.2, -0.15) is 0 Å². The summed E-state index contributed by atoms with van der Waals surface area (Å²) in [6.45, 7) is 1.50. The number of ether oxygens (including phenoxy) is 1. The van der Waals surface area contributed by atoms with Crippen LogP contribution in [0.4, 0.5) is 13.2 Å². The Morgan fingerprint density at radius 2 is 1.64 bits per heavy atom. The van der Waals surface area contributed by atoms with Gasteiger partial charge >= 0.3 is 12.3 Å². The number of amides is 1. The first-order chi connectivity index (χ1) is 15.7. The van der Waals surface area contributed by atoms with Gasteiger partial charge in [-0.15, -0.1) is 13.2 Å². The van der Waals surface area contributed by atoms with Crippen molar-refractivity contribution in [1.82, 2.24) is 14.8 Å². The SMILES string of the molecule is O=C(c1ccc(OC(F)(F)F)cc1)N1CCN(C(=NC2(C(=O)O)CC2)c2ccccn2)CC1. The molecule has 1 aromatic carbocycles. The molecule has 1 amide bonds. The topological polar surface area (TPSA) is 95.3 Å². The molecule has 2 aromatic rings. The number of aliphatic imine (C=N–C) groups is 1. The van der Waals surface area contributed by atoms with Crippen molar-refractivity contribution in [3.05, 3.63) is 59.9 Å². The van der Waals surface area contributed by atoms with Gasteiger partial charge in [0.25, 0.3) is 5.91 Å². The van der Waals surface area contributed by atoms with Crippen LogP contribution in [0.3, 0.4) is 0 Å². The van der Waals surface area contributed by atoms with E-state index in [-0.39, 0.29) is 11.5 Å². The Morgan fingerprint density at radius 3 is 2.15 bits per heavy atom. The van der Waals surface area contributed by atoms with Crippen molar-refractivity contribution in [3.8, 4) is 5.75 Å². The molecule has 1 N–H and O–H groups in total. The molecule has 0 spiro atoms. The summed E-state index contributed by atoms with van der Waals surface area (Å²) in [6.07, 6.45) is -2.26. The fourth-order valence-corrected chi connectivity index (χ4v) is 3.58. The summed E-state index contributed by atoms with van der Waals surface area (Å²) in [6, 6.07) is 10.1. The number of halogens is 3. The number of carboxylic acids is 1. The number of hydrogen-bond acceptors (Lipinski definition) is 5. The number of nitrogens with zero attached hydrogens (tertiary/aromatic N) is 4. The van der Waals surface area contributed by atoms with Crippen LogP contribution in [0.2, 0.25) is 0 Å². The maximum absolute atomic E-state index is 12.8. The Bertz CT molecular complexity index is 1050. The second kappa shape index (κ2) is 8.72. The maximum Gasteiger partial charge on any atom is 0.573 e. The summed E-state index contributed by atoms with van der Waals surface area (Å²) in [4.78, 5) is 36.8. The zero-order chi connectivity index (χ0) is 23.6. The van der Waals surface area contributed by atoms with Crippen LogP contribution in [-0.4, -0.2) is 75.7 Å². The average Bonchev–Trinajstić information content (AvgIpc) is 3.58. The third-order valence-corrected chi connectivity index (χ3v) is 5.54. The van der Waals surface area contributed by atoms with Gasteiger partial charge in [0, 0.05) is 37.9 Å². The van der Waals surface area contributed by atoms with Gasteiger partial charge in [-0.3, -0.25) is 9.78 Å². The number of alkyl halides is 3. The molecule has 1 aliphatic heterocycles. The standard InChI is InChI=1S/C22H21F3N4O4/c23-22(24,25)33-16-6-4-15(5-7-16)19(30)29-13-11-28(12-14-29)18(17-3-1-2-10-26-17)27-21(8-9-21)20(31)32/h1-7,10H,8-9,11-14H2,(H,31,32). The number of aromatic nitrogens is 1. The predicted molar refractivity (Wildman–Crippen MR) is 111 cm³/mol. The first-order valence-electron chi connectivity index (χ1n) is 10.3. The summed E-state index contributed by atoms with van der Waals surface area (Å²) in [5.74, 6) is -1.19. The van der Waals surface area contributed by atoms with E-state index >= 15 is 0 Å². The molecule has 1 saturated carbocycles. The Labute approximate surface area is 187 Å². The van der Waals surface area contributed by atoms with Crippen LogP contribution in [0, 0.1) is 0 Å². The van der Waals surface area contributed by atoms with Crippen LogP contribution in [0.1, 0.15) is 28.9 Å². The van der Waals surface area contributed by atoms with Crippen LogP contribution in [-0.2, 0) is 4.79 Å². The van der Waals surface area contributed by atoms with E-state index in [1.165, 1.54) is 12.1 Å². The second-order valence-corrected chi connectivity index (χ2v) is 7.84. The minimum Gasteiger partial charge on any atom is -0.479 e. The molecule has 4 rings (SSSR count). The number of carboxylic acid groups (broad SMARTS) is 1. The molecule has 0 unspecified atom stereocenters. The number of carbonyl (C=O) groups is 2. The van der Waals surface area contributed by atoms with Gasteiger partial charge in [-0.25, -0.2) is 9.79 Å². The van der Waals surface area contributed by atoms with Gasteiger partial charge < -0.3 is 19.6 Å². The van der Waals surface area contributed by atoms with Gasteiger partial charge in [-0.1, -0.05) is 6.07 Å². The minimum atomic E-state index is -4.80. The van der Waals surface area contributed by atoms with Gasteiger partial charge in [-0.05, 0) is 49.2 Å². The molecule has 0 radical (unpaired) electrons. The van der Waals surface area contributed by atoms with Crippen LogP contribution in [0.15, 0.2) is 53.7 Å². The Hall–Kier alpha value is -3.63. The van der Waals surface area contributed by atoms with Gasteiger partial charge in [0.15, 0.2) is 11.4 Å². The smallest absolute Gasteiger partial charge is 0.479 e. The molecular weight excluding hydrogens is 441 g/mol. The van der Waals surface area contributed by atoms with Crippen molar-refractivity contribution in [2.45, 2.75) is 24.7 Å². The maximum atomic E-state index is 12.8. The normalized spacial score (nSPS) is 18.1. The van der Waals surface area contributed by atoms with Gasteiger partial charge in [0.1, 0.15) is 11.4 Å². The molecule has 33 heavy (non-hydrogen) atoms. The molecule has 8 nitrogen and oxygen atoms in total. The Morgan fingerprint density at radius 1 is 1.00 bits per heavy atom. The number of hydrogen-bond donors (Lipinski definition) is 1. The lowest BCUT2D eigenvalue weighted by atomic mass is 10.1. The lowest BCUT2D eigenvalue weighted by Gasteiger charge is -2.36. The fourth-order valence-electron chi connectivity index (χ4n) is 3.58. The van der Waals surface area contributed by atoms with Crippen molar-refractivity contribution in [1.29, 1.82) is 0 Å². The van der Waals surface area contributed by atoms with Crippen LogP contribution >= 0.6 is 0 Å². The van der Waals surface area contributed by atoms with E-state index in [4.69, 9.17) is 0 Å². The van der Waals surface area contributed by atoms with Crippen LogP contribution in [0.25, 0.3) is 0 Å². The highest BCUT2D eigenvalue weighted by molar-refractivity contribution is 6.00. The van der Waals surface area contributed by atoms with Crippen molar-refractivity contribution in [2.24, 2.45) is 4.99 Å². The lowest BCUT2D eigenvalue weighted by Crippen LogP contribution is -2.51. The highest BCUT2D eigenvalue weighted by atomic mass is 19.4.